The van der Waals surface area contributed by atoms with Gasteiger partial charge in [0.2, 0.25) is 0 Å². The normalized spacial score (nSPS) is 18.0. The van der Waals surface area contributed by atoms with E-state index >= 15 is 0 Å². The molecule has 25 heavy (non-hydrogen) atoms. The second-order valence-corrected chi connectivity index (χ2v) is 8.04. The van der Waals surface area contributed by atoms with Crippen molar-refractivity contribution in [2.75, 3.05) is 7.11 Å². The Morgan fingerprint density at radius 2 is 1.52 bits per heavy atom. The van der Waals surface area contributed by atoms with Crippen molar-refractivity contribution >= 4 is 20.1 Å². The summed E-state index contributed by atoms with van der Waals surface area (Å²) in [7, 11) is 11.5. The SMILES string of the molecule is COC1CCC2=C1C=CC=CC2.Cc1nc(C)c(C)nc1C.[Cl][Cr][Cl]. The van der Waals surface area contributed by atoms with Gasteiger partial charge >= 0.3 is 33.5 Å². The number of aromatic nitrogens is 2. The first-order chi connectivity index (χ1) is 11.9. The molecule has 0 aliphatic heterocycles. The van der Waals surface area contributed by atoms with Gasteiger partial charge in [-0.1, -0.05) is 29.9 Å². The van der Waals surface area contributed by atoms with Gasteiger partial charge in [0.15, 0.2) is 0 Å². The minimum absolute atomic E-state index is 0.181. The Kier molecular flexibility index (Phi) is 10.7. The van der Waals surface area contributed by atoms with Crippen LogP contribution in [0.3, 0.4) is 0 Å². The van der Waals surface area contributed by atoms with Crippen molar-refractivity contribution < 1.29 is 18.1 Å². The van der Waals surface area contributed by atoms with Gasteiger partial charge in [-0.3, -0.25) is 9.97 Å². The molecule has 0 saturated heterocycles. The summed E-state index contributed by atoms with van der Waals surface area (Å²) in [6, 6.07) is 0. The summed E-state index contributed by atoms with van der Waals surface area (Å²) in [5.41, 5.74) is 7.10. The van der Waals surface area contributed by atoms with Crippen LogP contribution in [0.1, 0.15) is 42.0 Å². The molecular formula is C19H26Cl2CrN2O. The van der Waals surface area contributed by atoms with Crippen LogP contribution >= 0.6 is 20.1 Å². The summed E-state index contributed by atoms with van der Waals surface area (Å²) in [5.74, 6) is 0. The zero-order valence-electron chi connectivity index (χ0n) is 15.5. The number of ether oxygens (including phenoxy) is 1. The first kappa shape index (κ1) is 22.4. The molecular weight excluding hydrogens is 395 g/mol. The summed E-state index contributed by atoms with van der Waals surface area (Å²) >= 11 is -0.181. The molecule has 0 aromatic carbocycles. The summed E-state index contributed by atoms with van der Waals surface area (Å²) < 4.78 is 5.40. The van der Waals surface area contributed by atoms with Crippen LogP contribution in [-0.2, 0) is 18.1 Å². The molecule has 2 aliphatic rings. The molecule has 0 radical (unpaired) electrons. The van der Waals surface area contributed by atoms with Crippen molar-refractivity contribution in [3.63, 3.8) is 0 Å². The molecule has 0 saturated carbocycles. The first-order valence-corrected chi connectivity index (χ1v) is 11.7. The topological polar surface area (TPSA) is 35.0 Å². The Hall–Kier alpha value is -0.628. The van der Waals surface area contributed by atoms with E-state index < -0.39 is 0 Å². The molecule has 6 heteroatoms. The van der Waals surface area contributed by atoms with Crippen LogP contribution in [0.2, 0.25) is 0 Å². The summed E-state index contributed by atoms with van der Waals surface area (Å²) in [5, 5.41) is 0. The fourth-order valence-electron chi connectivity index (χ4n) is 2.80. The standard InChI is InChI=1S/C11H14O.C8H12N2.2ClH.Cr/c1-12-11-8-7-9-5-3-2-4-6-10(9)11;1-5-6(2)10-8(4)7(3)9-5;;;/h2-4,6,11H,5,7-8H2,1H3;1-4H3;2*1H;/q;;;;+2/p-2. The van der Waals surface area contributed by atoms with E-state index in [4.69, 9.17) is 24.8 Å². The van der Waals surface area contributed by atoms with Gasteiger partial charge in [-0.05, 0) is 52.5 Å². The van der Waals surface area contributed by atoms with E-state index in [1.165, 1.54) is 18.4 Å². The molecule has 0 amide bonds. The molecule has 2 aliphatic carbocycles. The third kappa shape index (κ3) is 7.25. The third-order valence-electron chi connectivity index (χ3n) is 4.35. The number of hydrogen-bond acceptors (Lipinski definition) is 3. The van der Waals surface area contributed by atoms with Crippen molar-refractivity contribution in [3.8, 4) is 0 Å². The number of hydrogen-bond donors (Lipinski definition) is 0. The number of methoxy groups -OCH3 is 1. The van der Waals surface area contributed by atoms with Gasteiger partial charge in [-0.25, -0.2) is 0 Å². The molecule has 0 N–H and O–H groups in total. The van der Waals surface area contributed by atoms with E-state index in [0.29, 0.717) is 6.10 Å². The Labute approximate surface area is 166 Å². The van der Waals surface area contributed by atoms with Gasteiger partial charge < -0.3 is 4.74 Å². The van der Waals surface area contributed by atoms with Gasteiger partial charge in [0.1, 0.15) is 0 Å². The Morgan fingerprint density at radius 3 is 2.00 bits per heavy atom. The molecule has 1 aromatic rings. The van der Waals surface area contributed by atoms with E-state index in [9.17, 15) is 0 Å². The Balaban J connectivity index is 0.000000220. The molecule has 1 heterocycles. The molecule has 1 unspecified atom stereocenters. The van der Waals surface area contributed by atoms with Crippen LogP contribution in [0.4, 0.5) is 0 Å². The van der Waals surface area contributed by atoms with Crippen LogP contribution in [0.15, 0.2) is 35.5 Å². The number of rotatable bonds is 1. The zero-order valence-corrected chi connectivity index (χ0v) is 18.3. The number of nitrogens with zero attached hydrogens (tertiary/aromatic N) is 2. The summed E-state index contributed by atoms with van der Waals surface area (Å²) in [6.07, 6.45) is 12.5. The summed E-state index contributed by atoms with van der Waals surface area (Å²) in [4.78, 5) is 8.62. The van der Waals surface area contributed by atoms with Crippen LogP contribution < -0.4 is 0 Å². The van der Waals surface area contributed by atoms with Gasteiger partial charge in [-0.2, -0.15) is 0 Å². The quantitative estimate of drug-likeness (QED) is 0.584. The maximum atomic E-state index is 5.40. The molecule has 0 spiro atoms. The predicted molar refractivity (Wildman–Crippen MR) is 103 cm³/mol. The fraction of sp³-hybridized carbons (Fsp3) is 0.474. The molecule has 0 fully saturated rings. The zero-order chi connectivity index (χ0) is 18.8. The van der Waals surface area contributed by atoms with E-state index in [0.717, 1.165) is 29.2 Å². The van der Waals surface area contributed by atoms with Gasteiger partial charge in [0.05, 0.1) is 28.9 Å². The molecule has 1 aromatic heterocycles. The summed E-state index contributed by atoms with van der Waals surface area (Å²) in [6.45, 7) is 7.92. The van der Waals surface area contributed by atoms with Crippen molar-refractivity contribution in [2.24, 2.45) is 0 Å². The third-order valence-corrected chi connectivity index (χ3v) is 4.35. The van der Waals surface area contributed by atoms with E-state index in [-0.39, 0.29) is 13.4 Å². The molecule has 1 atom stereocenters. The molecule has 0 bridgehead atoms. The van der Waals surface area contributed by atoms with Crippen LogP contribution in [-0.4, -0.2) is 23.2 Å². The average Bonchev–Trinajstić information content (AvgIpc) is 2.81. The number of halogens is 2. The average molecular weight is 421 g/mol. The molecule has 138 valence electrons. The van der Waals surface area contributed by atoms with Crippen molar-refractivity contribution in [3.05, 3.63) is 58.2 Å². The van der Waals surface area contributed by atoms with Gasteiger partial charge in [0.25, 0.3) is 0 Å². The fourth-order valence-corrected chi connectivity index (χ4v) is 2.80. The van der Waals surface area contributed by atoms with Crippen LogP contribution in [0.25, 0.3) is 0 Å². The monoisotopic (exact) mass is 420 g/mol. The van der Waals surface area contributed by atoms with Gasteiger partial charge in [0, 0.05) is 7.11 Å². The molecule has 3 nitrogen and oxygen atoms in total. The second kappa shape index (κ2) is 11.9. The van der Waals surface area contributed by atoms with Gasteiger partial charge in [-0.15, -0.1) is 0 Å². The Bertz CT molecular complexity index is 607. The predicted octanol–water partition coefficient (Wildman–Crippen LogP) is 5.69. The number of aryl methyl sites for hydroxylation is 4. The van der Waals surface area contributed by atoms with Crippen LogP contribution in [0.5, 0.6) is 0 Å². The minimum atomic E-state index is -0.181. The first-order valence-electron chi connectivity index (χ1n) is 8.20. The van der Waals surface area contributed by atoms with Crippen molar-refractivity contribution in [1.82, 2.24) is 9.97 Å². The van der Waals surface area contributed by atoms with Crippen molar-refractivity contribution in [2.45, 2.75) is 53.1 Å². The van der Waals surface area contributed by atoms with Crippen LogP contribution in [0, 0.1) is 27.7 Å². The van der Waals surface area contributed by atoms with E-state index in [1.54, 1.807) is 12.7 Å². The van der Waals surface area contributed by atoms with E-state index in [2.05, 4.69) is 34.3 Å². The molecule has 3 rings (SSSR count). The number of allylic oxidation sites excluding steroid dienone is 4. The maximum absolute atomic E-state index is 5.40. The Morgan fingerprint density at radius 1 is 1.00 bits per heavy atom. The van der Waals surface area contributed by atoms with Crippen molar-refractivity contribution in [1.29, 1.82) is 0 Å². The van der Waals surface area contributed by atoms with E-state index in [1.807, 2.05) is 27.7 Å². The second-order valence-electron chi connectivity index (χ2n) is 5.94.